The second-order valence-corrected chi connectivity index (χ2v) is 5.40. The summed E-state index contributed by atoms with van der Waals surface area (Å²) in [7, 11) is 1.36. The third-order valence-corrected chi connectivity index (χ3v) is 2.61. The molecule has 1 heterocycles. The molecule has 6 nitrogen and oxygen atoms in total. The van der Waals surface area contributed by atoms with Crippen molar-refractivity contribution in [3.05, 3.63) is 0 Å². The molecule has 1 saturated heterocycles. The van der Waals surface area contributed by atoms with Gasteiger partial charge in [0.1, 0.15) is 11.6 Å². The van der Waals surface area contributed by atoms with Gasteiger partial charge < -0.3 is 20.1 Å². The van der Waals surface area contributed by atoms with Gasteiger partial charge in [-0.1, -0.05) is 0 Å². The van der Waals surface area contributed by atoms with Gasteiger partial charge in [-0.2, -0.15) is 0 Å². The van der Waals surface area contributed by atoms with E-state index < -0.39 is 11.7 Å². The third kappa shape index (κ3) is 4.91. The smallest absolute Gasteiger partial charge is 0.407 e. The number of carbonyl (C=O) groups is 2. The van der Waals surface area contributed by atoms with Gasteiger partial charge in [-0.25, -0.2) is 4.79 Å². The van der Waals surface area contributed by atoms with Crippen LogP contribution in [0.3, 0.4) is 0 Å². The lowest BCUT2D eigenvalue weighted by molar-refractivity contribution is -0.143. The van der Waals surface area contributed by atoms with E-state index in [0.29, 0.717) is 13.0 Å². The van der Waals surface area contributed by atoms with Gasteiger partial charge in [0, 0.05) is 6.04 Å². The lowest BCUT2D eigenvalue weighted by atomic mass is 10.00. The van der Waals surface area contributed by atoms with Crippen molar-refractivity contribution in [3.63, 3.8) is 0 Å². The molecule has 0 aromatic rings. The van der Waals surface area contributed by atoms with Gasteiger partial charge in [0.2, 0.25) is 0 Å². The molecule has 1 aliphatic rings. The van der Waals surface area contributed by atoms with Crippen molar-refractivity contribution in [2.75, 3.05) is 13.7 Å². The molecule has 6 heteroatoms. The molecule has 0 saturated carbocycles. The Kier molecular flexibility index (Phi) is 4.95. The minimum atomic E-state index is -0.515. The zero-order chi connectivity index (χ0) is 13.8. The van der Waals surface area contributed by atoms with Crippen LogP contribution in [0.25, 0.3) is 0 Å². The quantitative estimate of drug-likeness (QED) is 0.717. The molecule has 2 N–H and O–H groups in total. The van der Waals surface area contributed by atoms with Crippen LogP contribution in [0, 0.1) is 0 Å². The minimum absolute atomic E-state index is 0.0646. The molecule has 0 spiro atoms. The fraction of sp³-hybridized carbons (Fsp3) is 0.833. The van der Waals surface area contributed by atoms with Crippen molar-refractivity contribution in [2.45, 2.75) is 51.3 Å². The molecule has 1 aliphatic heterocycles. The fourth-order valence-electron chi connectivity index (χ4n) is 1.84. The van der Waals surface area contributed by atoms with Crippen molar-refractivity contribution in [2.24, 2.45) is 0 Å². The first-order chi connectivity index (χ1) is 8.31. The first-order valence-electron chi connectivity index (χ1n) is 6.12. The standard InChI is InChI=1S/C12H22N2O4/c1-12(2,3)18-11(16)14-8-5-6-13-9(7-8)10(15)17-4/h8-9,13H,5-7H2,1-4H3,(H,14,16). The Morgan fingerprint density at radius 3 is 2.56 bits per heavy atom. The fourth-order valence-corrected chi connectivity index (χ4v) is 1.84. The maximum atomic E-state index is 11.6. The number of amides is 1. The van der Waals surface area contributed by atoms with Gasteiger partial charge in [0.25, 0.3) is 0 Å². The molecule has 0 aromatic heterocycles. The van der Waals surface area contributed by atoms with E-state index in [9.17, 15) is 9.59 Å². The van der Waals surface area contributed by atoms with Crippen molar-refractivity contribution in [1.82, 2.24) is 10.6 Å². The number of carbonyl (C=O) groups excluding carboxylic acids is 2. The van der Waals surface area contributed by atoms with Crippen molar-refractivity contribution >= 4 is 12.1 Å². The number of rotatable bonds is 2. The van der Waals surface area contributed by atoms with Crippen LogP contribution < -0.4 is 10.6 Å². The van der Waals surface area contributed by atoms with Crippen LogP contribution >= 0.6 is 0 Å². The Morgan fingerprint density at radius 1 is 1.33 bits per heavy atom. The summed E-state index contributed by atoms with van der Waals surface area (Å²) in [5, 5.41) is 5.83. The van der Waals surface area contributed by atoms with Crippen LogP contribution in [0.1, 0.15) is 33.6 Å². The van der Waals surface area contributed by atoms with Crippen LogP contribution in [0.2, 0.25) is 0 Å². The largest absolute Gasteiger partial charge is 0.468 e. The highest BCUT2D eigenvalue weighted by Gasteiger charge is 2.29. The molecule has 2 atom stereocenters. The third-order valence-electron chi connectivity index (χ3n) is 2.61. The number of nitrogens with one attached hydrogen (secondary N) is 2. The summed E-state index contributed by atoms with van der Waals surface area (Å²) >= 11 is 0. The number of esters is 1. The highest BCUT2D eigenvalue weighted by atomic mass is 16.6. The van der Waals surface area contributed by atoms with Crippen LogP contribution in [-0.4, -0.2) is 43.4 Å². The molecule has 0 aromatic carbocycles. The average Bonchev–Trinajstić information content (AvgIpc) is 2.25. The maximum Gasteiger partial charge on any atom is 0.407 e. The Bertz CT molecular complexity index is 312. The van der Waals surface area contributed by atoms with E-state index >= 15 is 0 Å². The van der Waals surface area contributed by atoms with Crippen molar-refractivity contribution in [1.29, 1.82) is 0 Å². The van der Waals surface area contributed by atoms with Crippen LogP contribution in [0.15, 0.2) is 0 Å². The number of alkyl carbamates (subject to hydrolysis) is 1. The Hall–Kier alpha value is -1.30. The zero-order valence-electron chi connectivity index (χ0n) is 11.4. The number of hydrogen-bond donors (Lipinski definition) is 2. The van der Waals surface area contributed by atoms with Crippen LogP contribution in [0.5, 0.6) is 0 Å². The zero-order valence-corrected chi connectivity index (χ0v) is 11.4. The van der Waals surface area contributed by atoms with E-state index in [-0.39, 0.29) is 18.1 Å². The van der Waals surface area contributed by atoms with Crippen LogP contribution in [-0.2, 0) is 14.3 Å². The Balaban J connectivity index is 2.43. The molecule has 1 rings (SSSR count). The topological polar surface area (TPSA) is 76.7 Å². The van der Waals surface area contributed by atoms with E-state index in [1.165, 1.54) is 7.11 Å². The van der Waals surface area contributed by atoms with E-state index in [4.69, 9.17) is 4.74 Å². The number of ether oxygens (including phenoxy) is 2. The molecule has 104 valence electrons. The predicted octanol–water partition coefficient (Wildman–Crippen LogP) is 0.805. The summed E-state index contributed by atoms with van der Waals surface area (Å²) in [6.07, 6.45) is 0.844. The molecule has 0 bridgehead atoms. The molecule has 0 aliphatic carbocycles. The summed E-state index contributed by atoms with van der Waals surface area (Å²) in [5.41, 5.74) is -0.515. The van der Waals surface area contributed by atoms with Crippen molar-refractivity contribution in [3.8, 4) is 0 Å². The van der Waals surface area contributed by atoms with Crippen molar-refractivity contribution < 1.29 is 19.1 Å². The first-order valence-corrected chi connectivity index (χ1v) is 6.12. The lowest BCUT2D eigenvalue weighted by Gasteiger charge is -2.30. The summed E-state index contributed by atoms with van der Waals surface area (Å²) in [5.74, 6) is -0.300. The Morgan fingerprint density at radius 2 is 2.00 bits per heavy atom. The molecular weight excluding hydrogens is 236 g/mol. The maximum absolute atomic E-state index is 11.6. The molecule has 0 radical (unpaired) electrons. The molecule has 2 unspecified atom stereocenters. The van der Waals surface area contributed by atoms with Gasteiger partial charge in [-0.3, -0.25) is 4.79 Å². The van der Waals surface area contributed by atoms with E-state index in [1.807, 2.05) is 20.8 Å². The molecular formula is C12H22N2O4. The van der Waals surface area contributed by atoms with Gasteiger partial charge in [-0.15, -0.1) is 0 Å². The van der Waals surface area contributed by atoms with Gasteiger partial charge >= 0.3 is 12.1 Å². The van der Waals surface area contributed by atoms with E-state index in [0.717, 1.165) is 6.42 Å². The summed E-state index contributed by atoms with van der Waals surface area (Å²) in [6, 6.07) is -0.422. The van der Waals surface area contributed by atoms with Crippen LogP contribution in [0.4, 0.5) is 4.79 Å². The summed E-state index contributed by atoms with van der Waals surface area (Å²) in [6.45, 7) is 6.10. The van der Waals surface area contributed by atoms with Gasteiger partial charge in [0.05, 0.1) is 7.11 Å². The number of methoxy groups -OCH3 is 1. The first kappa shape index (κ1) is 14.8. The summed E-state index contributed by atoms with van der Waals surface area (Å²) in [4.78, 5) is 23.0. The second-order valence-electron chi connectivity index (χ2n) is 5.40. The van der Waals surface area contributed by atoms with Gasteiger partial charge in [0.15, 0.2) is 0 Å². The number of hydrogen-bond acceptors (Lipinski definition) is 5. The van der Waals surface area contributed by atoms with E-state index in [2.05, 4.69) is 15.4 Å². The Labute approximate surface area is 107 Å². The normalized spacial score (nSPS) is 24.2. The monoisotopic (exact) mass is 258 g/mol. The average molecular weight is 258 g/mol. The lowest BCUT2D eigenvalue weighted by Crippen LogP contribution is -2.51. The minimum Gasteiger partial charge on any atom is -0.468 e. The SMILES string of the molecule is COC(=O)C1CC(NC(=O)OC(C)(C)C)CCN1. The molecule has 1 fully saturated rings. The second kappa shape index (κ2) is 6.04. The molecule has 1 amide bonds. The van der Waals surface area contributed by atoms with Gasteiger partial charge in [-0.05, 0) is 40.2 Å². The highest BCUT2D eigenvalue weighted by Crippen LogP contribution is 2.12. The molecule has 18 heavy (non-hydrogen) atoms. The highest BCUT2D eigenvalue weighted by molar-refractivity contribution is 5.76. The predicted molar refractivity (Wildman–Crippen MR) is 66.2 cm³/mol. The van der Waals surface area contributed by atoms with E-state index in [1.54, 1.807) is 0 Å². The summed E-state index contributed by atoms with van der Waals surface area (Å²) < 4.78 is 9.85. The number of piperidine rings is 1.